The molecule has 1 heterocycles. The van der Waals surface area contributed by atoms with E-state index in [1.807, 2.05) is 0 Å². The second kappa shape index (κ2) is 5.66. The highest BCUT2D eigenvalue weighted by Gasteiger charge is 2.21. The van der Waals surface area contributed by atoms with Crippen LogP contribution in [-0.2, 0) is 0 Å². The Balaban J connectivity index is 2.24. The maximum Gasteiger partial charge on any atom is 0.0727 e. The molecule has 14 heavy (non-hydrogen) atoms. The van der Waals surface area contributed by atoms with Crippen LogP contribution < -0.4 is 5.73 Å². The summed E-state index contributed by atoms with van der Waals surface area (Å²) in [4.78, 5) is 3.23. The highest BCUT2D eigenvalue weighted by molar-refractivity contribution is 7.80. The second-order valence-corrected chi connectivity index (χ2v) is 5.12. The quantitative estimate of drug-likeness (QED) is 0.727. The first kappa shape index (κ1) is 11.9. The van der Waals surface area contributed by atoms with Crippen LogP contribution in [-0.4, -0.2) is 29.0 Å². The summed E-state index contributed by atoms with van der Waals surface area (Å²) < 4.78 is 0. The van der Waals surface area contributed by atoms with Crippen LogP contribution in [0.5, 0.6) is 0 Å². The maximum absolute atomic E-state index is 5.48. The molecule has 2 N–H and O–H groups in total. The molecule has 82 valence electrons. The van der Waals surface area contributed by atoms with Crippen LogP contribution in [0.4, 0.5) is 0 Å². The van der Waals surface area contributed by atoms with Gasteiger partial charge in [0.15, 0.2) is 0 Å². The maximum atomic E-state index is 5.48. The lowest BCUT2D eigenvalue weighted by molar-refractivity contribution is 0.124. The number of nitrogens with two attached hydrogens (primary N) is 1. The SMILES string of the molecule is CC1CCC(C)N(CCCC(N)=S)C1. The topological polar surface area (TPSA) is 29.3 Å². The molecule has 1 rings (SSSR count). The van der Waals surface area contributed by atoms with E-state index in [-0.39, 0.29) is 0 Å². The average molecular weight is 214 g/mol. The van der Waals surface area contributed by atoms with Crippen molar-refractivity contribution in [1.82, 2.24) is 4.90 Å². The fourth-order valence-corrected chi connectivity index (χ4v) is 2.29. The van der Waals surface area contributed by atoms with Gasteiger partial charge in [-0.3, -0.25) is 0 Å². The third-order valence-corrected chi connectivity index (χ3v) is 3.32. The van der Waals surface area contributed by atoms with Gasteiger partial charge >= 0.3 is 0 Å². The predicted molar refractivity (Wildman–Crippen MR) is 65.5 cm³/mol. The van der Waals surface area contributed by atoms with Gasteiger partial charge in [0, 0.05) is 12.6 Å². The summed E-state index contributed by atoms with van der Waals surface area (Å²) >= 11 is 4.87. The molecular formula is C11H22N2S. The third kappa shape index (κ3) is 3.93. The third-order valence-electron chi connectivity index (χ3n) is 3.12. The van der Waals surface area contributed by atoms with Crippen LogP contribution in [0.3, 0.4) is 0 Å². The van der Waals surface area contributed by atoms with Crippen LogP contribution in [0.1, 0.15) is 39.5 Å². The smallest absolute Gasteiger partial charge is 0.0727 e. The molecule has 0 spiro atoms. The fourth-order valence-electron chi connectivity index (χ4n) is 2.15. The molecule has 0 radical (unpaired) electrons. The van der Waals surface area contributed by atoms with Gasteiger partial charge in [-0.15, -0.1) is 0 Å². The molecule has 0 aromatic heterocycles. The van der Waals surface area contributed by atoms with Crippen LogP contribution in [0.25, 0.3) is 0 Å². The van der Waals surface area contributed by atoms with E-state index < -0.39 is 0 Å². The van der Waals surface area contributed by atoms with Crippen molar-refractivity contribution in [3.05, 3.63) is 0 Å². The van der Waals surface area contributed by atoms with Gasteiger partial charge in [0.1, 0.15) is 0 Å². The van der Waals surface area contributed by atoms with E-state index in [9.17, 15) is 0 Å². The summed E-state index contributed by atoms with van der Waals surface area (Å²) in [5.74, 6) is 0.857. The minimum Gasteiger partial charge on any atom is -0.393 e. The Morgan fingerprint density at radius 2 is 2.14 bits per heavy atom. The molecule has 0 aliphatic carbocycles. The van der Waals surface area contributed by atoms with Crippen molar-refractivity contribution in [2.24, 2.45) is 11.7 Å². The van der Waals surface area contributed by atoms with Crippen molar-refractivity contribution in [1.29, 1.82) is 0 Å². The normalized spacial score (nSPS) is 29.0. The van der Waals surface area contributed by atoms with Gasteiger partial charge in [0.05, 0.1) is 4.99 Å². The lowest BCUT2D eigenvalue weighted by atomic mass is 9.95. The van der Waals surface area contributed by atoms with E-state index in [2.05, 4.69) is 18.7 Å². The molecule has 0 aromatic rings. The molecule has 3 heteroatoms. The zero-order valence-corrected chi connectivity index (χ0v) is 10.1. The van der Waals surface area contributed by atoms with Gasteiger partial charge in [-0.25, -0.2) is 0 Å². The van der Waals surface area contributed by atoms with Gasteiger partial charge in [0.2, 0.25) is 0 Å². The fraction of sp³-hybridized carbons (Fsp3) is 0.909. The molecular weight excluding hydrogens is 192 g/mol. The van der Waals surface area contributed by atoms with Crippen molar-refractivity contribution < 1.29 is 0 Å². The second-order valence-electron chi connectivity index (χ2n) is 4.60. The Morgan fingerprint density at radius 3 is 2.79 bits per heavy atom. The van der Waals surface area contributed by atoms with Crippen molar-refractivity contribution >= 4 is 17.2 Å². The number of likely N-dealkylation sites (tertiary alicyclic amines) is 1. The van der Waals surface area contributed by atoms with E-state index in [1.54, 1.807) is 0 Å². The summed E-state index contributed by atoms with van der Waals surface area (Å²) in [6.07, 6.45) is 4.74. The van der Waals surface area contributed by atoms with E-state index in [0.29, 0.717) is 4.99 Å². The Morgan fingerprint density at radius 1 is 1.43 bits per heavy atom. The lowest BCUT2D eigenvalue weighted by Gasteiger charge is -2.36. The van der Waals surface area contributed by atoms with Crippen LogP contribution in [0.2, 0.25) is 0 Å². The van der Waals surface area contributed by atoms with Crippen LogP contribution in [0.15, 0.2) is 0 Å². The van der Waals surface area contributed by atoms with E-state index in [4.69, 9.17) is 18.0 Å². The first-order valence-corrected chi connectivity index (χ1v) is 6.02. The number of thiocarbonyl (C=S) groups is 1. The van der Waals surface area contributed by atoms with Crippen molar-refractivity contribution in [3.63, 3.8) is 0 Å². The number of nitrogens with zero attached hydrogens (tertiary/aromatic N) is 1. The minimum absolute atomic E-state index is 0.655. The molecule has 2 unspecified atom stereocenters. The lowest BCUT2D eigenvalue weighted by Crippen LogP contribution is -2.41. The van der Waals surface area contributed by atoms with E-state index in [0.717, 1.165) is 31.3 Å². The van der Waals surface area contributed by atoms with Crippen molar-refractivity contribution in [3.8, 4) is 0 Å². The van der Waals surface area contributed by atoms with E-state index >= 15 is 0 Å². The standard InChI is InChI=1S/C11H22N2S/c1-9-5-6-10(2)13(8-9)7-3-4-11(12)14/h9-10H,3-8H2,1-2H3,(H2,12,14). The van der Waals surface area contributed by atoms with Gasteiger partial charge in [0.25, 0.3) is 0 Å². The number of hydrogen-bond donors (Lipinski definition) is 1. The highest BCUT2D eigenvalue weighted by atomic mass is 32.1. The molecule has 1 aliphatic rings. The summed E-state index contributed by atoms with van der Waals surface area (Å²) in [5, 5.41) is 0. The summed E-state index contributed by atoms with van der Waals surface area (Å²) in [5.41, 5.74) is 5.48. The zero-order chi connectivity index (χ0) is 10.6. The van der Waals surface area contributed by atoms with Gasteiger partial charge in [-0.1, -0.05) is 19.1 Å². The Labute approximate surface area is 92.8 Å². The molecule has 0 aromatic carbocycles. The van der Waals surface area contributed by atoms with Gasteiger partial charge in [-0.2, -0.15) is 0 Å². The molecule has 0 bridgehead atoms. The monoisotopic (exact) mass is 214 g/mol. The Kier molecular flexibility index (Phi) is 4.82. The van der Waals surface area contributed by atoms with Crippen LogP contribution >= 0.6 is 12.2 Å². The number of rotatable bonds is 4. The molecule has 2 nitrogen and oxygen atoms in total. The van der Waals surface area contributed by atoms with Crippen molar-refractivity contribution in [2.75, 3.05) is 13.1 Å². The first-order valence-electron chi connectivity index (χ1n) is 5.62. The molecule has 0 amide bonds. The Bertz CT molecular complexity index is 194. The predicted octanol–water partition coefficient (Wildman–Crippen LogP) is 2.17. The average Bonchev–Trinajstić information content (AvgIpc) is 2.10. The molecule has 1 saturated heterocycles. The summed E-state index contributed by atoms with van der Waals surface area (Å²) in [7, 11) is 0. The Hall–Kier alpha value is -0.150. The highest BCUT2D eigenvalue weighted by Crippen LogP contribution is 2.21. The largest absolute Gasteiger partial charge is 0.393 e. The van der Waals surface area contributed by atoms with Crippen LogP contribution in [0, 0.1) is 5.92 Å². The summed E-state index contributed by atoms with van der Waals surface area (Å²) in [6.45, 7) is 7.07. The van der Waals surface area contributed by atoms with E-state index in [1.165, 1.54) is 19.4 Å². The van der Waals surface area contributed by atoms with Gasteiger partial charge < -0.3 is 10.6 Å². The molecule has 1 aliphatic heterocycles. The number of piperidine rings is 1. The first-order chi connectivity index (χ1) is 6.59. The zero-order valence-electron chi connectivity index (χ0n) is 9.33. The minimum atomic E-state index is 0.655. The number of hydrogen-bond acceptors (Lipinski definition) is 2. The molecule has 0 saturated carbocycles. The molecule has 2 atom stereocenters. The summed E-state index contributed by atoms with van der Waals surface area (Å²) in [6, 6.07) is 0.748. The van der Waals surface area contributed by atoms with Crippen molar-refractivity contribution in [2.45, 2.75) is 45.6 Å². The van der Waals surface area contributed by atoms with Gasteiger partial charge in [-0.05, 0) is 45.1 Å². The molecule has 1 fully saturated rings.